The van der Waals surface area contributed by atoms with Crippen LogP contribution in [0.4, 0.5) is 5.69 Å². The van der Waals surface area contributed by atoms with Gasteiger partial charge in [-0.05, 0) is 24.1 Å². The van der Waals surface area contributed by atoms with Gasteiger partial charge in [0.25, 0.3) is 0 Å². The van der Waals surface area contributed by atoms with Crippen molar-refractivity contribution in [2.45, 2.75) is 6.42 Å². The molecule has 0 spiro atoms. The molecular formula is C14H22ClN3. The average molecular weight is 268 g/mol. The van der Waals surface area contributed by atoms with Gasteiger partial charge in [-0.1, -0.05) is 17.7 Å². The number of nitrogens with zero attached hydrogens (tertiary/aromatic N) is 2. The molecule has 18 heavy (non-hydrogen) atoms. The van der Waals surface area contributed by atoms with Crippen molar-refractivity contribution in [3.05, 3.63) is 28.8 Å². The lowest BCUT2D eigenvalue weighted by atomic mass is 10.1. The van der Waals surface area contributed by atoms with E-state index in [0.29, 0.717) is 0 Å². The fourth-order valence-corrected chi connectivity index (χ4v) is 2.57. The zero-order valence-corrected chi connectivity index (χ0v) is 12.0. The predicted molar refractivity (Wildman–Crippen MR) is 78.8 cm³/mol. The lowest BCUT2D eigenvalue weighted by molar-refractivity contribution is 0.244. The van der Waals surface area contributed by atoms with Crippen LogP contribution in [0.1, 0.15) is 5.56 Å². The van der Waals surface area contributed by atoms with Crippen molar-refractivity contribution in [3.63, 3.8) is 0 Å². The van der Waals surface area contributed by atoms with Crippen LogP contribution in [0.25, 0.3) is 0 Å². The van der Waals surface area contributed by atoms with Crippen LogP contribution in [0.3, 0.4) is 0 Å². The Balaban J connectivity index is 1.94. The van der Waals surface area contributed by atoms with Crippen LogP contribution in [0.2, 0.25) is 5.02 Å². The molecule has 0 aromatic heterocycles. The number of halogens is 1. The zero-order chi connectivity index (χ0) is 13.0. The first kappa shape index (κ1) is 13.7. The van der Waals surface area contributed by atoms with E-state index in [0.717, 1.165) is 49.9 Å². The summed E-state index contributed by atoms with van der Waals surface area (Å²) in [6, 6.07) is 6.34. The summed E-state index contributed by atoms with van der Waals surface area (Å²) < 4.78 is 0. The summed E-state index contributed by atoms with van der Waals surface area (Å²) in [5.41, 5.74) is 2.47. The van der Waals surface area contributed by atoms with E-state index < -0.39 is 0 Å². The number of piperazine rings is 1. The second kappa shape index (κ2) is 6.41. The SMILES string of the molecule is CN(C)c1cc(CCN2CCNCC2)ccc1Cl. The molecule has 0 unspecified atom stereocenters. The first-order valence-electron chi connectivity index (χ1n) is 6.55. The van der Waals surface area contributed by atoms with E-state index in [4.69, 9.17) is 11.6 Å². The number of anilines is 1. The molecule has 0 bridgehead atoms. The molecule has 0 radical (unpaired) electrons. The summed E-state index contributed by atoms with van der Waals surface area (Å²) in [4.78, 5) is 4.58. The van der Waals surface area contributed by atoms with E-state index >= 15 is 0 Å². The molecule has 1 saturated heterocycles. The van der Waals surface area contributed by atoms with Gasteiger partial charge in [-0.25, -0.2) is 0 Å². The van der Waals surface area contributed by atoms with Gasteiger partial charge >= 0.3 is 0 Å². The smallest absolute Gasteiger partial charge is 0.0639 e. The summed E-state index contributed by atoms with van der Waals surface area (Å²) in [6.45, 7) is 5.69. The minimum Gasteiger partial charge on any atom is -0.376 e. The van der Waals surface area contributed by atoms with Crippen molar-refractivity contribution in [1.82, 2.24) is 10.2 Å². The van der Waals surface area contributed by atoms with Crippen LogP contribution in [0.5, 0.6) is 0 Å². The number of rotatable bonds is 4. The van der Waals surface area contributed by atoms with Crippen molar-refractivity contribution in [1.29, 1.82) is 0 Å². The highest BCUT2D eigenvalue weighted by Gasteiger charge is 2.10. The largest absolute Gasteiger partial charge is 0.376 e. The monoisotopic (exact) mass is 267 g/mol. The maximum Gasteiger partial charge on any atom is 0.0639 e. The quantitative estimate of drug-likeness (QED) is 0.898. The summed E-state index contributed by atoms with van der Waals surface area (Å²) in [5.74, 6) is 0. The van der Waals surface area contributed by atoms with Gasteiger partial charge < -0.3 is 15.1 Å². The maximum atomic E-state index is 6.18. The lowest BCUT2D eigenvalue weighted by Gasteiger charge is -2.27. The Morgan fingerprint density at radius 1 is 1.28 bits per heavy atom. The summed E-state index contributed by atoms with van der Waals surface area (Å²) in [5, 5.41) is 4.20. The molecule has 1 aliphatic rings. The van der Waals surface area contributed by atoms with E-state index in [-0.39, 0.29) is 0 Å². The molecular weight excluding hydrogens is 246 g/mol. The number of hydrogen-bond donors (Lipinski definition) is 1. The number of nitrogens with one attached hydrogen (secondary N) is 1. The molecule has 1 N–H and O–H groups in total. The fraction of sp³-hybridized carbons (Fsp3) is 0.571. The minimum absolute atomic E-state index is 0.825. The third-order valence-electron chi connectivity index (χ3n) is 3.42. The molecule has 0 atom stereocenters. The normalized spacial score (nSPS) is 16.8. The highest BCUT2D eigenvalue weighted by Crippen LogP contribution is 2.25. The van der Waals surface area contributed by atoms with Crippen molar-refractivity contribution in [3.8, 4) is 0 Å². The summed E-state index contributed by atoms with van der Waals surface area (Å²) >= 11 is 6.18. The van der Waals surface area contributed by atoms with Crippen LogP contribution < -0.4 is 10.2 Å². The zero-order valence-electron chi connectivity index (χ0n) is 11.2. The van der Waals surface area contributed by atoms with Crippen molar-refractivity contribution >= 4 is 17.3 Å². The van der Waals surface area contributed by atoms with E-state index in [2.05, 4.69) is 27.2 Å². The van der Waals surface area contributed by atoms with Gasteiger partial charge in [0.15, 0.2) is 0 Å². The lowest BCUT2D eigenvalue weighted by Crippen LogP contribution is -2.44. The van der Waals surface area contributed by atoms with Crippen molar-refractivity contribution < 1.29 is 0 Å². The number of benzene rings is 1. The fourth-order valence-electron chi connectivity index (χ4n) is 2.28. The van der Waals surface area contributed by atoms with E-state index in [1.807, 2.05) is 20.2 Å². The molecule has 4 heteroatoms. The third-order valence-corrected chi connectivity index (χ3v) is 3.74. The number of hydrogen-bond acceptors (Lipinski definition) is 3. The van der Waals surface area contributed by atoms with Crippen molar-refractivity contribution in [2.75, 3.05) is 51.7 Å². The minimum atomic E-state index is 0.825. The Morgan fingerprint density at radius 3 is 2.67 bits per heavy atom. The third kappa shape index (κ3) is 3.61. The molecule has 1 fully saturated rings. The van der Waals surface area contributed by atoms with Crippen molar-refractivity contribution in [2.24, 2.45) is 0 Å². The Morgan fingerprint density at radius 2 is 2.00 bits per heavy atom. The van der Waals surface area contributed by atoms with Gasteiger partial charge in [0.1, 0.15) is 0 Å². The first-order valence-corrected chi connectivity index (χ1v) is 6.93. The van der Waals surface area contributed by atoms with Crippen LogP contribution in [0.15, 0.2) is 18.2 Å². The standard InChI is InChI=1S/C14H22ClN3/c1-17(2)14-11-12(3-4-13(14)15)5-8-18-9-6-16-7-10-18/h3-4,11,16H,5-10H2,1-2H3. The second-order valence-electron chi connectivity index (χ2n) is 5.02. The molecule has 1 aromatic rings. The Kier molecular flexibility index (Phi) is 4.87. The molecule has 1 heterocycles. The molecule has 3 nitrogen and oxygen atoms in total. The Bertz CT molecular complexity index is 387. The molecule has 0 aliphatic carbocycles. The van der Waals surface area contributed by atoms with Gasteiger partial charge in [0.2, 0.25) is 0 Å². The van der Waals surface area contributed by atoms with Crippen LogP contribution >= 0.6 is 11.6 Å². The van der Waals surface area contributed by atoms with Gasteiger partial charge in [-0.2, -0.15) is 0 Å². The van der Waals surface area contributed by atoms with E-state index in [9.17, 15) is 0 Å². The summed E-state index contributed by atoms with van der Waals surface area (Å²) in [7, 11) is 4.06. The van der Waals surface area contributed by atoms with Gasteiger partial charge in [0, 0.05) is 46.8 Å². The molecule has 2 rings (SSSR count). The summed E-state index contributed by atoms with van der Waals surface area (Å²) in [6.07, 6.45) is 1.10. The van der Waals surface area contributed by atoms with Gasteiger partial charge in [0.05, 0.1) is 10.7 Å². The second-order valence-corrected chi connectivity index (χ2v) is 5.43. The molecule has 100 valence electrons. The van der Waals surface area contributed by atoms with Gasteiger partial charge in [-0.3, -0.25) is 0 Å². The highest BCUT2D eigenvalue weighted by atomic mass is 35.5. The van der Waals surface area contributed by atoms with E-state index in [1.165, 1.54) is 5.56 Å². The molecule has 1 aromatic carbocycles. The predicted octanol–water partition coefficient (Wildman–Crippen LogP) is 1.85. The average Bonchev–Trinajstić information content (AvgIpc) is 2.38. The highest BCUT2D eigenvalue weighted by molar-refractivity contribution is 6.33. The van der Waals surface area contributed by atoms with E-state index in [1.54, 1.807) is 0 Å². The Hall–Kier alpha value is -0.770. The Labute approximate surface area is 115 Å². The molecule has 1 aliphatic heterocycles. The van der Waals surface area contributed by atoms with Gasteiger partial charge in [-0.15, -0.1) is 0 Å². The van der Waals surface area contributed by atoms with Crippen LogP contribution in [-0.2, 0) is 6.42 Å². The molecule has 0 amide bonds. The van der Waals surface area contributed by atoms with Crippen LogP contribution in [0, 0.1) is 0 Å². The first-order chi connectivity index (χ1) is 8.66. The van der Waals surface area contributed by atoms with Crippen LogP contribution in [-0.4, -0.2) is 51.7 Å². The maximum absolute atomic E-state index is 6.18. The molecule has 0 saturated carbocycles. The topological polar surface area (TPSA) is 18.5 Å².